The van der Waals surface area contributed by atoms with Crippen molar-refractivity contribution < 1.29 is 14.0 Å². The number of fused-ring (bicyclic) bond motifs is 1. The summed E-state index contributed by atoms with van der Waals surface area (Å²) in [6, 6.07) is 7.99. The van der Waals surface area contributed by atoms with Gasteiger partial charge < -0.3 is 14.8 Å². The molecule has 1 aliphatic heterocycles. The van der Waals surface area contributed by atoms with Crippen molar-refractivity contribution in [3.63, 3.8) is 0 Å². The maximum Gasteiger partial charge on any atom is 0.261 e. The summed E-state index contributed by atoms with van der Waals surface area (Å²) in [5.41, 5.74) is 1.14. The van der Waals surface area contributed by atoms with Gasteiger partial charge in [0, 0.05) is 43.9 Å². The molecule has 2 aromatic rings. The van der Waals surface area contributed by atoms with Gasteiger partial charge in [-0.15, -0.1) is 0 Å². The fourth-order valence-electron chi connectivity index (χ4n) is 3.76. The number of ketones is 1. The van der Waals surface area contributed by atoms with Crippen LogP contribution < -0.4 is 10.5 Å². The fourth-order valence-corrected chi connectivity index (χ4v) is 3.76. The lowest BCUT2D eigenvalue weighted by Gasteiger charge is -2.36. The summed E-state index contributed by atoms with van der Waals surface area (Å²) in [6.45, 7) is 1.73. The molecule has 140 valence electrons. The van der Waals surface area contributed by atoms with Gasteiger partial charge in [-0.3, -0.25) is 14.4 Å². The quantitative estimate of drug-likeness (QED) is 0.879. The minimum Gasteiger partial charge on any atom is -0.366 e. The van der Waals surface area contributed by atoms with E-state index in [1.165, 1.54) is 12.1 Å². The van der Waals surface area contributed by atoms with E-state index in [9.17, 15) is 18.8 Å². The van der Waals surface area contributed by atoms with Gasteiger partial charge in [0.2, 0.25) is 0 Å². The summed E-state index contributed by atoms with van der Waals surface area (Å²) in [6.07, 6.45) is 1.80. The van der Waals surface area contributed by atoms with Crippen molar-refractivity contribution in [3.8, 4) is 0 Å². The van der Waals surface area contributed by atoms with Crippen LogP contribution in [-0.2, 0) is 6.42 Å². The van der Waals surface area contributed by atoms with E-state index in [2.05, 4.69) is 4.98 Å². The van der Waals surface area contributed by atoms with Gasteiger partial charge in [0.15, 0.2) is 5.78 Å². The molecule has 0 bridgehead atoms. The molecule has 7 heteroatoms. The van der Waals surface area contributed by atoms with Gasteiger partial charge in [-0.2, -0.15) is 0 Å². The summed E-state index contributed by atoms with van der Waals surface area (Å²) >= 11 is 0. The summed E-state index contributed by atoms with van der Waals surface area (Å²) < 4.78 is 13.9. The van der Waals surface area contributed by atoms with E-state index in [0.717, 1.165) is 0 Å². The number of piperazine rings is 1. The number of carbonyl (C=O) groups excluding carboxylic acids is 2. The smallest absolute Gasteiger partial charge is 0.261 e. The van der Waals surface area contributed by atoms with Gasteiger partial charge in [0.1, 0.15) is 11.4 Å². The van der Waals surface area contributed by atoms with E-state index in [1.54, 1.807) is 23.1 Å². The van der Waals surface area contributed by atoms with Crippen LogP contribution in [0.3, 0.4) is 0 Å². The molecule has 1 N–H and O–H groups in total. The molecule has 1 saturated heterocycles. The number of nitrogens with zero attached hydrogens (tertiary/aromatic N) is 2. The second-order valence-corrected chi connectivity index (χ2v) is 6.91. The summed E-state index contributed by atoms with van der Waals surface area (Å²) in [7, 11) is 0. The zero-order valence-electron chi connectivity index (χ0n) is 14.8. The number of pyridine rings is 1. The number of aromatic nitrogens is 1. The summed E-state index contributed by atoms with van der Waals surface area (Å²) in [4.78, 5) is 43.4. The van der Waals surface area contributed by atoms with Crippen molar-refractivity contribution in [1.29, 1.82) is 0 Å². The molecule has 1 fully saturated rings. The lowest BCUT2D eigenvalue weighted by atomic mass is 9.93. The molecule has 2 aliphatic rings. The first kappa shape index (κ1) is 17.5. The van der Waals surface area contributed by atoms with Crippen LogP contribution in [0.5, 0.6) is 0 Å². The van der Waals surface area contributed by atoms with Crippen molar-refractivity contribution >= 4 is 17.4 Å². The van der Waals surface area contributed by atoms with E-state index in [-0.39, 0.29) is 23.1 Å². The molecule has 1 amide bonds. The zero-order valence-corrected chi connectivity index (χ0v) is 14.8. The number of benzene rings is 1. The third-order valence-electron chi connectivity index (χ3n) is 5.24. The van der Waals surface area contributed by atoms with Crippen molar-refractivity contribution in [2.75, 3.05) is 31.1 Å². The Morgan fingerprint density at radius 3 is 2.52 bits per heavy atom. The van der Waals surface area contributed by atoms with Gasteiger partial charge >= 0.3 is 0 Å². The molecule has 27 heavy (non-hydrogen) atoms. The highest BCUT2D eigenvalue weighted by atomic mass is 19.1. The molecule has 0 unspecified atom stereocenters. The molecule has 1 aromatic heterocycles. The Hall–Kier alpha value is -2.96. The van der Waals surface area contributed by atoms with Gasteiger partial charge in [-0.05, 0) is 31.0 Å². The SMILES string of the molecule is O=C1CCCc2[nH]c(=O)c(C(=O)N3CCN(c4ccccc4F)CC3)cc21. The van der Waals surface area contributed by atoms with Crippen molar-refractivity contribution in [3.05, 3.63) is 63.3 Å². The number of hydrogen-bond acceptors (Lipinski definition) is 4. The largest absolute Gasteiger partial charge is 0.366 e. The first-order valence-corrected chi connectivity index (χ1v) is 9.13. The third kappa shape index (κ3) is 3.25. The number of anilines is 1. The number of aryl methyl sites for hydroxylation is 1. The van der Waals surface area contributed by atoms with Crippen LogP contribution in [0.15, 0.2) is 35.1 Å². The summed E-state index contributed by atoms with van der Waals surface area (Å²) in [5, 5.41) is 0. The Labute approximate surface area is 155 Å². The van der Waals surface area contributed by atoms with Crippen LogP contribution in [0.1, 0.15) is 39.3 Å². The molecule has 0 spiro atoms. The topological polar surface area (TPSA) is 73.5 Å². The molecule has 0 atom stereocenters. The highest BCUT2D eigenvalue weighted by Gasteiger charge is 2.27. The molecule has 0 saturated carbocycles. The Bertz CT molecular complexity index is 961. The predicted molar refractivity (Wildman–Crippen MR) is 98.8 cm³/mol. The Morgan fingerprint density at radius 2 is 1.78 bits per heavy atom. The molecular formula is C20H20FN3O3. The average molecular weight is 369 g/mol. The van der Waals surface area contributed by atoms with Gasteiger partial charge in [-0.1, -0.05) is 12.1 Å². The van der Waals surface area contributed by atoms with Gasteiger partial charge in [0.25, 0.3) is 11.5 Å². The highest BCUT2D eigenvalue weighted by Crippen LogP contribution is 2.22. The van der Waals surface area contributed by atoms with Crippen LogP contribution >= 0.6 is 0 Å². The highest BCUT2D eigenvalue weighted by molar-refractivity contribution is 6.01. The summed E-state index contributed by atoms with van der Waals surface area (Å²) in [5.74, 6) is -0.710. The molecule has 1 aliphatic carbocycles. The molecule has 4 rings (SSSR count). The number of aromatic amines is 1. The minimum absolute atomic E-state index is 0.00309. The van der Waals surface area contributed by atoms with Gasteiger partial charge in [-0.25, -0.2) is 4.39 Å². The van der Waals surface area contributed by atoms with Crippen LogP contribution in [0.2, 0.25) is 0 Å². The van der Waals surface area contributed by atoms with Crippen molar-refractivity contribution in [2.45, 2.75) is 19.3 Å². The van der Waals surface area contributed by atoms with Crippen LogP contribution in [0.25, 0.3) is 0 Å². The van der Waals surface area contributed by atoms with Crippen LogP contribution in [-0.4, -0.2) is 47.8 Å². The van der Waals surface area contributed by atoms with E-state index in [4.69, 9.17) is 0 Å². The molecular weight excluding hydrogens is 349 g/mol. The molecule has 6 nitrogen and oxygen atoms in total. The standard InChI is InChI=1S/C20H20FN3O3/c21-15-4-1-2-6-17(15)23-8-10-24(11-9-23)20(27)14-12-13-16(22-19(14)26)5-3-7-18(13)25/h1-2,4,6,12H,3,5,7-11H2,(H,22,26). The average Bonchev–Trinajstić information content (AvgIpc) is 2.68. The first-order valence-electron chi connectivity index (χ1n) is 9.13. The maximum absolute atomic E-state index is 13.9. The van der Waals surface area contributed by atoms with E-state index < -0.39 is 5.56 Å². The number of amides is 1. The number of para-hydroxylation sites is 1. The predicted octanol–water partition coefficient (Wildman–Crippen LogP) is 2.00. The normalized spacial score (nSPS) is 17.0. The first-order chi connectivity index (χ1) is 13.0. The Kier molecular flexibility index (Phi) is 4.51. The number of halogens is 1. The van der Waals surface area contributed by atoms with E-state index in [0.29, 0.717) is 62.4 Å². The number of nitrogens with one attached hydrogen (secondary N) is 1. The molecule has 2 heterocycles. The van der Waals surface area contributed by atoms with Crippen LogP contribution in [0.4, 0.5) is 10.1 Å². The second-order valence-electron chi connectivity index (χ2n) is 6.91. The second kappa shape index (κ2) is 6.98. The molecule has 1 aromatic carbocycles. The number of H-pyrrole nitrogens is 1. The number of Topliss-reactive ketones (excluding diaryl/α,β-unsaturated/α-hetero) is 1. The Morgan fingerprint density at radius 1 is 1.04 bits per heavy atom. The molecule has 0 radical (unpaired) electrons. The number of carbonyl (C=O) groups is 2. The van der Waals surface area contributed by atoms with Gasteiger partial charge in [0.05, 0.1) is 5.69 Å². The lowest BCUT2D eigenvalue weighted by Crippen LogP contribution is -2.50. The van der Waals surface area contributed by atoms with Crippen LogP contribution in [0, 0.1) is 5.82 Å². The number of hydrogen-bond donors (Lipinski definition) is 1. The van der Waals surface area contributed by atoms with Crippen molar-refractivity contribution in [2.24, 2.45) is 0 Å². The fraction of sp³-hybridized carbons (Fsp3) is 0.350. The maximum atomic E-state index is 13.9. The lowest BCUT2D eigenvalue weighted by molar-refractivity contribution is 0.0744. The third-order valence-corrected chi connectivity index (χ3v) is 5.24. The minimum atomic E-state index is -0.454. The van der Waals surface area contributed by atoms with E-state index >= 15 is 0 Å². The zero-order chi connectivity index (χ0) is 19.0. The van der Waals surface area contributed by atoms with Crippen molar-refractivity contribution in [1.82, 2.24) is 9.88 Å². The van der Waals surface area contributed by atoms with E-state index in [1.807, 2.05) is 4.90 Å². The monoisotopic (exact) mass is 369 g/mol. The number of rotatable bonds is 2. The Balaban J connectivity index is 1.52.